The standard InChI is InChI=1S/C40H31N3Si/c1-5-17-32(18-6-1)33-29-34(43-40-26-14-13-25-39(40)41-27-15-16-28-42(41)43)31-38(30-33)44(35-19-7-2-8-20-35,36-21-9-3-10-22-36)37-23-11-4-12-24-37/h1-31H. The molecule has 0 bridgehead atoms. The Hall–Kier alpha value is -5.58. The molecular weight excluding hydrogens is 551 g/mol. The third kappa shape index (κ3) is 4.19. The average molecular weight is 582 g/mol. The molecule has 44 heavy (non-hydrogen) atoms. The lowest BCUT2D eigenvalue weighted by Gasteiger charge is -2.37. The molecule has 6 aromatic carbocycles. The molecule has 0 aromatic heterocycles. The number of fused-ring (bicyclic) bond motifs is 3. The Bertz CT molecular complexity index is 1880. The lowest BCUT2D eigenvalue weighted by Crippen LogP contribution is -2.74. The van der Waals surface area contributed by atoms with Crippen molar-refractivity contribution in [3.05, 3.63) is 188 Å². The molecule has 3 nitrogen and oxygen atoms in total. The zero-order chi connectivity index (χ0) is 29.3. The Balaban J connectivity index is 1.47. The summed E-state index contributed by atoms with van der Waals surface area (Å²) >= 11 is 0. The van der Waals surface area contributed by atoms with Crippen LogP contribution in [-0.4, -0.2) is 13.2 Å². The van der Waals surface area contributed by atoms with Gasteiger partial charge in [0.15, 0.2) is 8.07 Å². The fourth-order valence-electron chi connectivity index (χ4n) is 6.77. The number of allylic oxidation sites excluding steroid dienone is 2. The second-order valence-corrected chi connectivity index (χ2v) is 14.9. The fourth-order valence-corrected chi connectivity index (χ4v) is 11.6. The van der Waals surface area contributed by atoms with E-state index in [0.29, 0.717) is 0 Å². The van der Waals surface area contributed by atoms with Crippen LogP contribution in [0.5, 0.6) is 0 Å². The van der Waals surface area contributed by atoms with Crippen LogP contribution in [0.15, 0.2) is 188 Å². The second kappa shape index (κ2) is 10.9. The van der Waals surface area contributed by atoms with Crippen molar-refractivity contribution in [2.75, 3.05) is 10.0 Å². The van der Waals surface area contributed by atoms with Crippen molar-refractivity contribution in [3.8, 4) is 11.1 Å². The quantitative estimate of drug-likeness (QED) is 0.157. The van der Waals surface area contributed by atoms with Crippen molar-refractivity contribution in [1.29, 1.82) is 0 Å². The van der Waals surface area contributed by atoms with Crippen LogP contribution in [0.2, 0.25) is 0 Å². The molecule has 4 heteroatoms. The van der Waals surface area contributed by atoms with Crippen LogP contribution in [0.1, 0.15) is 0 Å². The van der Waals surface area contributed by atoms with Crippen LogP contribution in [-0.2, 0) is 0 Å². The van der Waals surface area contributed by atoms with E-state index in [1.807, 2.05) is 0 Å². The Kier molecular flexibility index (Phi) is 6.47. The minimum Gasteiger partial charge on any atom is -0.240 e. The van der Waals surface area contributed by atoms with Gasteiger partial charge >= 0.3 is 0 Å². The largest absolute Gasteiger partial charge is 0.240 e. The van der Waals surface area contributed by atoms with Gasteiger partial charge in [0.2, 0.25) is 0 Å². The molecule has 0 saturated heterocycles. The summed E-state index contributed by atoms with van der Waals surface area (Å²) in [5, 5.41) is 12.2. The molecule has 0 unspecified atom stereocenters. The van der Waals surface area contributed by atoms with Crippen molar-refractivity contribution < 1.29 is 0 Å². The Labute approximate surface area is 259 Å². The van der Waals surface area contributed by atoms with Gasteiger partial charge in [-0.3, -0.25) is 0 Å². The first kappa shape index (κ1) is 26.1. The molecule has 210 valence electrons. The van der Waals surface area contributed by atoms with Gasteiger partial charge in [0.05, 0.1) is 17.1 Å². The van der Waals surface area contributed by atoms with Gasteiger partial charge in [0.25, 0.3) is 0 Å². The van der Waals surface area contributed by atoms with Gasteiger partial charge in [-0.1, -0.05) is 140 Å². The fraction of sp³-hybridized carbons (Fsp3) is 0. The lowest BCUT2D eigenvalue weighted by molar-refractivity contribution is 0.408. The third-order valence-corrected chi connectivity index (χ3v) is 13.4. The van der Waals surface area contributed by atoms with E-state index in [0.717, 1.165) is 17.1 Å². The van der Waals surface area contributed by atoms with Crippen LogP contribution >= 0.6 is 0 Å². The number of rotatable bonds is 6. The van der Waals surface area contributed by atoms with Crippen molar-refractivity contribution in [2.24, 2.45) is 0 Å². The third-order valence-electron chi connectivity index (χ3n) is 8.66. The lowest BCUT2D eigenvalue weighted by atomic mass is 10.0. The van der Waals surface area contributed by atoms with E-state index in [4.69, 9.17) is 0 Å². The zero-order valence-corrected chi connectivity index (χ0v) is 25.2. The number of hydrogen-bond donors (Lipinski definition) is 0. The van der Waals surface area contributed by atoms with E-state index in [-0.39, 0.29) is 0 Å². The second-order valence-electron chi connectivity index (χ2n) is 11.1. The van der Waals surface area contributed by atoms with Crippen LogP contribution in [0.3, 0.4) is 0 Å². The Morgan fingerprint density at radius 2 is 0.886 bits per heavy atom. The SMILES string of the molecule is C1=CN2c3ccccc3N(c3cc(-c4ccccc4)cc([Si](c4ccccc4)(c4ccccc4)c4ccccc4)c3)N2C=C1. The topological polar surface area (TPSA) is 9.72 Å². The molecule has 0 amide bonds. The Morgan fingerprint density at radius 1 is 0.386 bits per heavy atom. The molecule has 2 heterocycles. The molecular formula is C40H31N3Si. The monoisotopic (exact) mass is 581 g/mol. The summed E-state index contributed by atoms with van der Waals surface area (Å²) in [6.45, 7) is 0. The zero-order valence-electron chi connectivity index (χ0n) is 24.2. The van der Waals surface area contributed by atoms with Crippen molar-refractivity contribution in [2.45, 2.75) is 0 Å². The number of nitrogens with zero attached hydrogens (tertiary/aromatic N) is 3. The smallest absolute Gasteiger partial charge is 0.179 e. The number of hydrogen-bond acceptors (Lipinski definition) is 3. The van der Waals surface area contributed by atoms with Gasteiger partial charge in [-0.05, 0) is 68.3 Å². The molecule has 6 aromatic rings. The maximum absolute atomic E-state index is 2.77. The van der Waals surface area contributed by atoms with E-state index < -0.39 is 8.07 Å². The summed E-state index contributed by atoms with van der Waals surface area (Å²) < 4.78 is 0. The average Bonchev–Trinajstić information content (AvgIpc) is 3.45. The van der Waals surface area contributed by atoms with Crippen LogP contribution < -0.4 is 30.8 Å². The molecule has 0 N–H and O–H groups in total. The highest BCUT2D eigenvalue weighted by molar-refractivity contribution is 7.20. The van der Waals surface area contributed by atoms with Crippen molar-refractivity contribution in [3.63, 3.8) is 0 Å². The number of para-hydroxylation sites is 2. The molecule has 0 spiro atoms. The van der Waals surface area contributed by atoms with E-state index in [9.17, 15) is 0 Å². The van der Waals surface area contributed by atoms with Gasteiger partial charge in [-0.25, -0.2) is 10.0 Å². The van der Waals surface area contributed by atoms with Gasteiger partial charge < -0.3 is 0 Å². The summed E-state index contributed by atoms with van der Waals surface area (Å²) in [7, 11) is -2.77. The highest BCUT2D eigenvalue weighted by atomic mass is 28.3. The first-order valence-corrected chi connectivity index (χ1v) is 17.0. The van der Waals surface area contributed by atoms with E-state index in [2.05, 4.69) is 203 Å². The van der Waals surface area contributed by atoms with Gasteiger partial charge in [-0.15, -0.1) is 0 Å². The molecule has 2 aliphatic rings. The van der Waals surface area contributed by atoms with Crippen molar-refractivity contribution >= 4 is 45.9 Å². The summed E-state index contributed by atoms with van der Waals surface area (Å²) in [5.74, 6) is 0. The normalized spacial score (nSPS) is 13.6. The molecule has 2 aliphatic heterocycles. The maximum atomic E-state index is 2.45. The van der Waals surface area contributed by atoms with E-state index >= 15 is 0 Å². The minimum atomic E-state index is -2.77. The minimum absolute atomic E-state index is 1.12. The van der Waals surface area contributed by atoms with Crippen LogP contribution in [0, 0.1) is 0 Å². The first-order valence-electron chi connectivity index (χ1n) is 15.0. The molecule has 0 atom stereocenters. The van der Waals surface area contributed by atoms with E-state index in [1.165, 1.54) is 31.9 Å². The van der Waals surface area contributed by atoms with E-state index in [1.54, 1.807) is 0 Å². The highest BCUT2D eigenvalue weighted by Crippen LogP contribution is 2.45. The van der Waals surface area contributed by atoms with Crippen LogP contribution in [0.4, 0.5) is 17.1 Å². The van der Waals surface area contributed by atoms with Gasteiger partial charge in [0, 0.05) is 12.4 Å². The number of benzene rings is 6. The molecule has 0 radical (unpaired) electrons. The molecule has 0 aliphatic carbocycles. The predicted molar refractivity (Wildman–Crippen MR) is 187 cm³/mol. The predicted octanol–water partition coefficient (Wildman–Crippen LogP) is 6.86. The van der Waals surface area contributed by atoms with Crippen molar-refractivity contribution in [1.82, 2.24) is 5.12 Å². The summed E-state index contributed by atoms with van der Waals surface area (Å²) in [6.07, 6.45) is 8.43. The molecule has 8 rings (SSSR count). The highest BCUT2D eigenvalue weighted by Gasteiger charge is 2.42. The number of anilines is 3. The molecule has 0 fully saturated rings. The van der Waals surface area contributed by atoms with Gasteiger partial charge in [-0.2, -0.15) is 5.12 Å². The maximum Gasteiger partial charge on any atom is 0.179 e. The molecule has 0 saturated carbocycles. The Morgan fingerprint density at radius 3 is 1.48 bits per heavy atom. The first-order chi connectivity index (χ1) is 21.8. The summed E-state index contributed by atoms with van der Waals surface area (Å²) in [6, 6.07) is 60.1. The summed E-state index contributed by atoms with van der Waals surface area (Å²) in [4.78, 5) is 0. The number of hydrazine groups is 2. The van der Waals surface area contributed by atoms with Gasteiger partial charge in [0.1, 0.15) is 0 Å². The summed E-state index contributed by atoms with van der Waals surface area (Å²) in [5.41, 5.74) is 5.82. The van der Waals surface area contributed by atoms with Crippen LogP contribution in [0.25, 0.3) is 11.1 Å².